The lowest BCUT2D eigenvalue weighted by atomic mass is 10.4. The predicted octanol–water partition coefficient (Wildman–Crippen LogP) is -0.356. The molecule has 82 valence electrons. The molecular weight excluding hydrogens is 196 g/mol. The van der Waals surface area contributed by atoms with Gasteiger partial charge in [0.15, 0.2) is 0 Å². The highest BCUT2D eigenvalue weighted by molar-refractivity contribution is 5.60. The quantitative estimate of drug-likeness (QED) is 0.467. The van der Waals surface area contributed by atoms with Crippen molar-refractivity contribution in [1.29, 1.82) is 0 Å². The van der Waals surface area contributed by atoms with Gasteiger partial charge in [-0.2, -0.15) is 0 Å². The highest BCUT2D eigenvalue weighted by Gasteiger charge is 2.08. The van der Waals surface area contributed by atoms with Crippen LogP contribution < -0.4 is 22.3 Å². The van der Waals surface area contributed by atoms with Gasteiger partial charge in [0.25, 0.3) is 5.56 Å². The van der Waals surface area contributed by atoms with Crippen LogP contribution >= 0.6 is 0 Å². The van der Waals surface area contributed by atoms with E-state index in [0.717, 1.165) is 0 Å². The van der Waals surface area contributed by atoms with E-state index in [1.54, 1.807) is 6.08 Å². The van der Waals surface area contributed by atoms with Crippen LogP contribution in [0.3, 0.4) is 0 Å². The predicted molar refractivity (Wildman–Crippen MR) is 60.0 cm³/mol. The Morgan fingerprint density at radius 3 is 2.87 bits per heavy atom. The lowest BCUT2D eigenvalue weighted by molar-refractivity contribution is 0.812. The van der Waals surface area contributed by atoms with Crippen molar-refractivity contribution < 1.29 is 0 Å². The number of hydrogen-bond donors (Lipinski definition) is 3. The minimum Gasteiger partial charge on any atom is -0.383 e. The Balaban J connectivity index is 3.07. The molecule has 0 saturated carbocycles. The highest BCUT2D eigenvalue weighted by Crippen LogP contribution is 2.07. The Morgan fingerprint density at radius 2 is 2.27 bits per heavy atom. The van der Waals surface area contributed by atoms with Crippen molar-refractivity contribution in [1.82, 2.24) is 9.55 Å². The van der Waals surface area contributed by atoms with E-state index in [-0.39, 0.29) is 11.5 Å². The fourth-order valence-corrected chi connectivity index (χ4v) is 1.11. The van der Waals surface area contributed by atoms with E-state index in [1.807, 2.05) is 0 Å². The Morgan fingerprint density at radius 1 is 1.60 bits per heavy atom. The molecule has 0 aliphatic carbocycles. The van der Waals surface area contributed by atoms with Gasteiger partial charge in [0.05, 0.1) is 0 Å². The van der Waals surface area contributed by atoms with Crippen molar-refractivity contribution in [3.8, 4) is 0 Å². The molecule has 0 bridgehead atoms. The van der Waals surface area contributed by atoms with Gasteiger partial charge < -0.3 is 11.1 Å². The standard InChI is InChI=1S/C9H14N4O2/c1-3-4-5-11-6-7(10)13(2)9(15)12-8(6)14/h3,11H,1,4-5,10H2,2H3,(H,12,14,15). The summed E-state index contributed by atoms with van der Waals surface area (Å²) in [5, 5.41) is 2.85. The molecule has 0 aromatic carbocycles. The summed E-state index contributed by atoms with van der Waals surface area (Å²) >= 11 is 0. The Hall–Kier alpha value is -1.98. The zero-order chi connectivity index (χ0) is 11.4. The molecule has 0 spiro atoms. The van der Waals surface area contributed by atoms with Crippen molar-refractivity contribution in [3.05, 3.63) is 33.5 Å². The topological polar surface area (TPSA) is 92.9 Å². The maximum atomic E-state index is 11.4. The average molecular weight is 210 g/mol. The molecule has 15 heavy (non-hydrogen) atoms. The third-order valence-electron chi connectivity index (χ3n) is 2.02. The number of nitrogens with two attached hydrogens (primary N) is 1. The third kappa shape index (κ3) is 2.28. The summed E-state index contributed by atoms with van der Waals surface area (Å²) < 4.78 is 1.18. The van der Waals surface area contributed by atoms with Gasteiger partial charge in [-0.3, -0.25) is 14.3 Å². The van der Waals surface area contributed by atoms with E-state index < -0.39 is 11.2 Å². The highest BCUT2D eigenvalue weighted by atomic mass is 16.2. The first kappa shape index (κ1) is 11.1. The molecule has 0 amide bonds. The molecule has 1 aromatic heterocycles. The number of aromatic amines is 1. The lowest BCUT2D eigenvalue weighted by Crippen LogP contribution is -2.32. The normalized spacial score (nSPS) is 9.93. The summed E-state index contributed by atoms with van der Waals surface area (Å²) in [7, 11) is 1.49. The molecule has 1 rings (SSSR count). The maximum Gasteiger partial charge on any atom is 0.329 e. The van der Waals surface area contributed by atoms with Crippen LogP contribution in [0, 0.1) is 0 Å². The van der Waals surface area contributed by atoms with Crippen molar-refractivity contribution >= 4 is 11.5 Å². The van der Waals surface area contributed by atoms with Gasteiger partial charge >= 0.3 is 5.69 Å². The van der Waals surface area contributed by atoms with E-state index in [4.69, 9.17) is 5.73 Å². The molecule has 4 N–H and O–H groups in total. The van der Waals surface area contributed by atoms with Crippen molar-refractivity contribution in [2.24, 2.45) is 7.05 Å². The van der Waals surface area contributed by atoms with Crippen LogP contribution in [0.5, 0.6) is 0 Å². The Kier molecular flexibility index (Phi) is 3.33. The van der Waals surface area contributed by atoms with Gasteiger partial charge in [0.2, 0.25) is 0 Å². The first-order chi connectivity index (χ1) is 7.07. The summed E-state index contributed by atoms with van der Waals surface area (Å²) in [4.78, 5) is 24.7. The number of nitrogens with one attached hydrogen (secondary N) is 2. The number of nitrogen functional groups attached to an aromatic ring is 1. The van der Waals surface area contributed by atoms with E-state index in [1.165, 1.54) is 11.6 Å². The zero-order valence-corrected chi connectivity index (χ0v) is 8.54. The number of nitrogens with zero attached hydrogens (tertiary/aromatic N) is 1. The van der Waals surface area contributed by atoms with Crippen LogP contribution in [0.1, 0.15) is 6.42 Å². The summed E-state index contributed by atoms with van der Waals surface area (Å²) in [6.45, 7) is 4.11. The molecule has 0 aliphatic heterocycles. The molecule has 0 aliphatic rings. The monoisotopic (exact) mass is 210 g/mol. The molecule has 1 aromatic rings. The first-order valence-corrected chi connectivity index (χ1v) is 4.51. The smallest absolute Gasteiger partial charge is 0.329 e. The van der Waals surface area contributed by atoms with Crippen LogP contribution in [0.25, 0.3) is 0 Å². The second kappa shape index (κ2) is 4.50. The number of rotatable bonds is 4. The molecule has 6 heteroatoms. The fourth-order valence-electron chi connectivity index (χ4n) is 1.11. The molecule has 6 nitrogen and oxygen atoms in total. The minimum absolute atomic E-state index is 0.132. The van der Waals surface area contributed by atoms with Gasteiger partial charge in [-0.15, -0.1) is 6.58 Å². The average Bonchev–Trinajstić information content (AvgIpc) is 2.20. The fraction of sp³-hybridized carbons (Fsp3) is 0.333. The van der Waals surface area contributed by atoms with Crippen LogP contribution in [0.2, 0.25) is 0 Å². The van der Waals surface area contributed by atoms with Gasteiger partial charge in [0.1, 0.15) is 11.5 Å². The molecule has 0 fully saturated rings. The van der Waals surface area contributed by atoms with Gasteiger partial charge in [-0.1, -0.05) is 6.08 Å². The van der Waals surface area contributed by atoms with E-state index >= 15 is 0 Å². The van der Waals surface area contributed by atoms with E-state index in [2.05, 4.69) is 16.9 Å². The Bertz CT molecular complexity index is 472. The molecule has 0 unspecified atom stereocenters. The summed E-state index contributed by atoms with van der Waals surface area (Å²) in [6.07, 6.45) is 2.43. The zero-order valence-electron chi connectivity index (χ0n) is 8.54. The number of anilines is 2. The SMILES string of the molecule is C=CCCNc1c(N)n(C)c(=O)[nH]c1=O. The van der Waals surface area contributed by atoms with Gasteiger partial charge in [0, 0.05) is 13.6 Å². The molecule has 1 heterocycles. The van der Waals surface area contributed by atoms with Crippen LogP contribution in [0.4, 0.5) is 11.5 Å². The van der Waals surface area contributed by atoms with Crippen molar-refractivity contribution in [2.45, 2.75) is 6.42 Å². The van der Waals surface area contributed by atoms with Gasteiger partial charge in [-0.25, -0.2) is 4.79 Å². The molecular formula is C9H14N4O2. The van der Waals surface area contributed by atoms with E-state index in [9.17, 15) is 9.59 Å². The van der Waals surface area contributed by atoms with Gasteiger partial charge in [-0.05, 0) is 6.42 Å². The summed E-state index contributed by atoms with van der Waals surface area (Å²) in [6, 6.07) is 0. The third-order valence-corrected chi connectivity index (χ3v) is 2.02. The molecule has 0 saturated heterocycles. The second-order valence-corrected chi connectivity index (χ2v) is 3.08. The number of H-pyrrole nitrogens is 1. The Labute approximate surface area is 86.4 Å². The number of aromatic nitrogens is 2. The summed E-state index contributed by atoms with van der Waals surface area (Å²) in [5.41, 5.74) is 4.82. The first-order valence-electron chi connectivity index (χ1n) is 4.51. The second-order valence-electron chi connectivity index (χ2n) is 3.08. The van der Waals surface area contributed by atoms with E-state index in [0.29, 0.717) is 13.0 Å². The van der Waals surface area contributed by atoms with Crippen molar-refractivity contribution in [3.63, 3.8) is 0 Å². The summed E-state index contributed by atoms with van der Waals surface area (Å²) in [5.74, 6) is 0.132. The molecule has 0 radical (unpaired) electrons. The van der Waals surface area contributed by atoms with Crippen LogP contribution in [-0.2, 0) is 7.05 Å². The maximum absolute atomic E-state index is 11.4. The van der Waals surface area contributed by atoms with Crippen LogP contribution in [-0.4, -0.2) is 16.1 Å². The number of hydrogen-bond acceptors (Lipinski definition) is 4. The lowest BCUT2D eigenvalue weighted by Gasteiger charge is -2.09. The van der Waals surface area contributed by atoms with Crippen molar-refractivity contribution in [2.75, 3.05) is 17.6 Å². The molecule has 0 atom stereocenters. The minimum atomic E-state index is -0.522. The van der Waals surface area contributed by atoms with Crippen LogP contribution in [0.15, 0.2) is 22.2 Å². The largest absolute Gasteiger partial charge is 0.383 e.